The first-order valence-electron chi connectivity index (χ1n) is 8.86. The SMILES string of the molecule is CO[C@@H](C(=O)O)[C@H](C)NC(=O)c1ccc(NC(=O)c2ccc([N+](=O)[O-])cc2)cc1.O=C=O. The predicted octanol–water partition coefficient (Wildman–Crippen LogP) is 1.48. The fraction of sp³-hybridized carbons (Fsp3) is 0.200. The van der Waals surface area contributed by atoms with Crippen LogP contribution in [0.25, 0.3) is 0 Å². The summed E-state index contributed by atoms with van der Waals surface area (Å²) in [4.78, 5) is 61.8. The zero-order valence-electron chi connectivity index (χ0n) is 16.9. The van der Waals surface area contributed by atoms with Crippen molar-refractivity contribution in [3.8, 4) is 0 Å². The molecule has 0 saturated carbocycles. The van der Waals surface area contributed by atoms with Crippen LogP contribution in [0.4, 0.5) is 11.4 Å². The van der Waals surface area contributed by atoms with Crippen molar-refractivity contribution in [3.05, 3.63) is 69.8 Å². The van der Waals surface area contributed by atoms with Gasteiger partial charge in [-0.1, -0.05) is 0 Å². The Morgan fingerprint density at radius 2 is 1.47 bits per heavy atom. The lowest BCUT2D eigenvalue weighted by atomic mass is 10.1. The molecule has 0 saturated heterocycles. The summed E-state index contributed by atoms with van der Waals surface area (Å²) in [5.41, 5.74) is 0.805. The van der Waals surface area contributed by atoms with E-state index in [9.17, 15) is 24.5 Å². The van der Waals surface area contributed by atoms with Crippen molar-refractivity contribution in [1.82, 2.24) is 5.32 Å². The van der Waals surface area contributed by atoms with Crippen LogP contribution < -0.4 is 10.6 Å². The number of non-ortho nitro benzene ring substituents is 1. The summed E-state index contributed by atoms with van der Waals surface area (Å²) in [5, 5.41) is 24.8. The van der Waals surface area contributed by atoms with Crippen molar-refractivity contribution < 1.29 is 38.7 Å². The van der Waals surface area contributed by atoms with Gasteiger partial charge in [-0.15, -0.1) is 0 Å². The highest BCUT2D eigenvalue weighted by Gasteiger charge is 2.25. The maximum atomic E-state index is 12.2. The molecule has 0 aromatic heterocycles. The number of amides is 2. The number of hydrogen-bond donors (Lipinski definition) is 3. The van der Waals surface area contributed by atoms with E-state index in [-0.39, 0.29) is 23.0 Å². The smallest absolute Gasteiger partial charge is 0.373 e. The normalized spacial score (nSPS) is 11.6. The van der Waals surface area contributed by atoms with Gasteiger partial charge in [-0.3, -0.25) is 19.7 Å². The number of nitrogens with zero attached hydrogens (tertiary/aromatic N) is 1. The third kappa shape index (κ3) is 7.44. The Kier molecular flexibility index (Phi) is 9.87. The van der Waals surface area contributed by atoms with Gasteiger partial charge in [-0.25, -0.2) is 4.79 Å². The maximum Gasteiger partial charge on any atom is 0.373 e. The van der Waals surface area contributed by atoms with Gasteiger partial charge in [0.1, 0.15) is 0 Å². The number of aliphatic carboxylic acids is 1. The number of carbonyl (C=O) groups excluding carboxylic acids is 4. The van der Waals surface area contributed by atoms with Crippen molar-refractivity contribution in [1.29, 1.82) is 0 Å². The number of hydrogen-bond acceptors (Lipinski definition) is 8. The highest BCUT2D eigenvalue weighted by Crippen LogP contribution is 2.15. The zero-order valence-corrected chi connectivity index (χ0v) is 16.9. The van der Waals surface area contributed by atoms with Gasteiger partial charge in [-0.05, 0) is 43.3 Å². The van der Waals surface area contributed by atoms with E-state index in [0.717, 1.165) is 0 Å². The lowest BCUT2D eigenvalue weighted by Gasteiger charge is -2.20. The number of carbonyl (C=O) groups is 3. The number of nitrogens with one attached hydrogen (secondary N) is 2. The molecule has 12 heteroatoms. The number of anilines is 1. The largest absolute Gasteiger partial charge is 0.479 e. The van der Waals surface area contributed by atoms with Crippen LogP contribution in [-0.4, -0.2) is 53.2 Å². The number of nitro benzene ring substituents is 1. The van der Waals surface area contributed by atoms with Gasteiger partial charge in [0.2, 0.25) is 0 Å². The van der Waals surface area contributed by atoms with E-state index in [4.69, 9.17) is 19.4 Å². The molecule has 0 bridgehead atoms. The first-order chi connectivity index (χ1) is 15.1. The number of benzene rings is 2. The first-order valence-corrected chi connectivity index (χ1v) is 8.86. The Hall–Kier alpha value is -4.41. The van der Waals surface area contributed by atoms with Gasteiger partial charge in [0.15, 0.2) is 6.10 Å². The number of rotatable bonds is 8. The summed E-state index contributed by atoms with van der Waals surface area (Å²) < 4.78 is 4.84. The van der Waals surface area contributed by atoms with Crippen LogP contribution in [0, 0.1) is 10.1 Å². The number of ether oxygens (including phenoxy) is 1. The van der Waals surface area contributed by atoms with E-state index in [2.05, 4.69) is 10.6 Å². The molecule has 2 aromatic rings. The number of carboxylic acid groups (broad SMARTS) is 1. The van der Waals surface area contributed by atoms with Gasteiger partial charge in [0, 0.05) is 36.1 Å². The molecule has 2 amide bonds. The molecule has 0 radical (unpaired) electrons. The molecule has 0 spiro atoms. The lowest BCUT2D eigenvalue weighted by Crippen LogP contribution is -2.45. The molecule has 0 unspecified atom stereocenters. The average Bonchev–Trinajstić information content (AvgIpc) is 2.75. The van der Waals surface area contributed by atoms with Crippen LogP contribution in [0.1, 0.15) is 27.6 Å². The van der Waals surface area contributed by atoms with E-state index in [1.807, 2.05) is 0 Å². The molecule has 12 nitrogen and oxygen atoms in total. The minimum atomic E-state index is -1.19. The van der Waals surface area contributed by atoms with E-state index >= 15 is 0 Å². The van der Waals surface area contributed by atoms with E-state index in [0.29, 0.717) is 5.69 Å². The van der Waals surface area contributed by atoms with E-state index in [1.54, 1.807) is 0 Å². The molecule has 0 fully saturated rings. The molecule has 0 aliphatic carbocycles. The second-order valence-electron chi connectivity index (χ2n) is 6.18. The molecule has 0 aliphatic rings. The summed E-state index contributed by atoms with van der Waals surface area (Å²) in [6, 6.07) is 10.3. The number of methoxy groups -OCH3 is 1. The monoisotopic (exact) mass is 445 g/mol. The third-order valence-corrected chi connectivity index (χ3v) is 4.06. The second kappa shape index (κ2) is 12.3. The average molecular weight is 445 g/mol. The standard InChI is InChI=1S/C19H19N3O7.CO2/c1-11(16(29-2)19(25)26)20-17(23)12-3-7-14(8-4-12)21-18(24)13-5-9-15(10-6-13)22(27)28;2-1-3/h3-11,16H,1-2H3,(H,20,23)(H,21,24)(H,25,26);/t11-,16+;/m0./s1. The third-order valence-electron chi connectivity index (χ3n) is 4.06. The molecule has 168 valence electrons. The molecule has 32 heavy (non-hydrogen) atoms. The zero-order chi connectivity index (χ0) is 24.3. The maximum absolute atomic E-state index is 12.2. The van der Waals surface area contributed by atoms with Crippen molar-refractivity contribution in [3.63, 3.8) is 0 Å². The van der Waals surface area contributed by atoms with Crippen LogP contribution in [0.5, 0.6) is 0 Å². The molecule has 2 aromatic carbocycles. The van der Waals surface area contributed by atoms with Crippen LogP contribution >= 0.6 is 0 Å². The van der Waals surface area contributed by atoms with Crippen LogP contribution in [0.2, 0.25) is 0 Å². The van der Waals surface area contributed by atoms with Gasteiger partial charge in [0.05, 0.1) is 11.0 Å². The molecular formula is C20H19N3O9. The topological polar surface area (TPSA) is 182 Å². The molecule has 0 aliphatic heterocycles. The van der Waals surface area contributed by atoms with E-state index < -0.39 is 34.9 Å². The van der Waals surface area contributed by atoms with Crippen LogP contribution in [0.15, 0.2) is 48.5 Å². The number of carboxylic acids is 1. The Morgan fingerprint density at radius 3 is 1.91 bits per heavy atom. The second-order valence-corrected chi connectivity index (χ2v) is 6.18. The highest BCUT2D eigenvalue weighted by atomic mass is 16.6. The highest BCUT2D eigenvalue weighted by molar-refractivity contribution is 6.04. The molecule has 3 N–H and O–H groups in total. The van der Waals surface area contributed by atoms with Gasteiger partial charge in [-0.2, -0.15) is 9.59 Å². The fourth-order valence-corrected chi connectivity index (χ4v) is 2.53. The Balaban J connectivity index is 0.00000161. The molecule has 2 atom stereocenters. The summed E-state index contributed by atoms with van der Waals surface area (Å²) >= 11 is 0. The quantitative estimate of drug-likeness (QED) is 0.400. The summed E-state index contributed by atoms with van der Waals surface area (Å²) in [5.74, 6) is -2.14. The Labute approximate surface area is 181 Å². The Bertz CT molecular complexity index is 998. The van der Waals surface area contributed by atoms with Gasteiger partial charge >= 0.3 is 12.1 Å². The molecule has 0 heterocycles. The van der Waals surface area contributed by atoms with Crippen LogP contribution in [-0.2, 0) is 19.1 Å². The molecule has 2 rings (SSSR count). The van der Waals surface area contributed by atoms with Crippen LogP contribution in [0.3, 0.4) is 0 Å². The van der Waals surface area contributed by atoms with Crippen molar-refractivity contribution >= 4 is 35.3 Å². The minimum Gasteiger partial charge on any atom is -0.479 e. The predicted molar refractivity (Wildman–Crippen MR) is 108 cm³/mol. The number of nitro groups is 1. The van der Waals surface area contributed by atoms with Gasteiger partial charge in [0.25, 0.3) is 17.5 Å². The lowest BCUT2D eigenvalue weighted by molar-refractivity contribution is -0.384. The molecular weight excluding hydrogens is 426 g/mol. The summed E-state index contributed by atoms with van der Waals surface area (Å²) in [7, 11) is 1.24. The Morgan fingerprint density at radius 1 is 1.00 bits per heavy atom. The van der Waals surface area contributed by atoms with Gasteiger partial charge < -0.3 is 20.5 Å². The minimum absolute atomic E-state index is 0.121. The fourth-order valence-electron chi connectivity index (χ4n) is 2.53. The summed E-state index contributed by atoms with van der Waals surface area (Å²) in [6.45, 7) is 1.51. The van der Waals surface area contributed by atoms with Crippen molar-refractivity contribution in [2.24, 2.45) is 0 Å². The van der Waals surface area contributed by atoms with Crippen molar-refractivity contribution in [2.45, 2.75) is 19.1 Å². The first kappa shape index (κ1) is 25.6. The van der Waals surface area contributed by atoms with Crippen molar-refractivity contribution in [2.75, 3.05) is 12.4 Å². The van der Waals surface area contributed by atoms with E-state index in [1.165, 1.54) is 62.6 Å². The summed E-state index contributed by atoms with van der Waals surface area (Å²) in [6.07, 6.45) is -0.931.